The van der Waals surface area contributed by atoms with Crippen LogP contribution in [0, 0.1) is 0 Å². The van der Waals surface area contributed by atoms with E-state index in [-0.39, 0.29) is 6.41 Å². The van der Waals surface area contributed by atoms with E-state index in [4.69, 9.17) is 0 Å². The second-order valence-electron chi connectivity index (χ2n) is 2.61. The molecule has 6 amide bonds. The molecule has 84 valence electrons. The number of imide groups is 2. The van der Waals surface area contributed by atoms with Crippen molar-refractivity contribution in [3.05, 3.63) is 0 Å². The molecular formula is C7H12N4O4. The number of carbonyl (C=O) groups excluding carboxylic acids is 4. The van der Waals surface area contributed by atoms with Gasteiger partial charge in [-0.05, 0) is 6.92 Å². The first-order chi connectivity index (χ1) is 6.95. The van der Waals surface area contributed by atoms with Gasteiger partial charge in [-0.1, -0.05) is 0 Å². The Morgan fingerprint density at radius 3 is 2.13 bits per heavy atom. The van der Waals surface area contributed by atoms with E-state index in [1.54, 1.807) is 0 Å². The van der Waals surface area contributed by atoms with Crippen LogP contribution in [0.2, 0.25) is 0 Å². The van der Waals surface area contributed by atoms with E-state index in [2.05, 4.69) is 10.6 Å². The Hall–Kier alpha value is -2.12. The van der Waals surface area contributed by atoms with E-state index in [0.717, 1.165) is 0 Å². The van der Waals surface area contributed by atoms with Crippen molar-refractivity contribution in [3.63, 3.8) is 0 Å². The van der Waals surface area contributed by atoms with Crippen molar-refractivity contribution in [3.8, 4) is 0 Å². The smallest absolute Gasteiger partial charge is 0.318 e. The lowest BCUT2D eigenvalue weighted by Gasteiger charge is -2.14. The van der Waals surface area contributed by atoms with Crippen LogP contribution in [0.5, 0.6) is 0 Å². The third kappa shape index (κ3) is 6.99. The monoisotopic (exact) mass is 216 g/mol. The molecule has 4 N–H and O–H groups in total. The lowest BCUT2D eigenvalue weighted by atomic mass is 10.5. The van der Waals surface area contributed by atoms with Crippen LogP contribution in [0.25, 0.3) is 0 Å². The van der Waals surface area contributed by atoms with Crippen molar-refractivity contribution in [2.24, 2.45) is 0 Å². The van der Waals surface area contributed by atoms with Gasteiger partial charge in [-0.3, -0.25) is 20.2 Å². The fraction of sp³-hybridized carbons (Fsp3) is 0.429. The number of rotatable bonds is 3. The summed E-state index contributed by atoms with van der Waals surface area (Å²) in [5.41, 5.74) is 0. The lowest BCUT2D eigenvalue weighted by Crippen LogP contribution is -2.52. The van der Waals surface area contributed by atoms with Gasteiger partial charge in [0.2, 0.25) is 12.3 Å². The maximum Gasteiger partial charge on any atom is 0.323 e. The van der Waals surface area contributed by atoms with E-state index in [9.17, 15) is 19.2 Å². The first-order valence-electron chi connectivity index (χ1n) is 4.04. The van der Waals surface area contributed by atoms with Gasteiger partial charge >= 0.3 is 12.1 Å². The van der Waals surface area contributed by atoms with Crippen LogP contribution in [0.15, 0.2) is 0 Å². The van der Waals surface area contributed by atoms with Gasteiger partial charge in [-0.15, -0.1) is 0 Å². The number of amides is 6. The van der Waals surface area contributed by atoms with E-state index < -0.39 is 24.1 Å². The summed E-state index contributed by atoms with van der Waals surface area (Å²) < 4.78 is 0. The Bertz CT molecular complexity index is 278. The third-order valence-corrected chi connectivity index (χ3v) is 1.17. The molecule has 0 aliphatic carbocycles. The lowest BCUT2D eigenvalue weighted by molar-refractivity contribution is -0.118. The molecule has 0 saturated carbocycles. The van der Waals surface area contributed by atoms with E-state index >= 15 is 0 Å². The Balaban J connectivity index is 3.87. The Kier molecular flexibility index (Phi) is 5.45. The van der Waals surface area contributed by atoms with Crippen LogP contribution in [0.1, 0.15) is 13.8 Å². The molecule has 0 rings (SSSR count). The summed E-state index contributed by atoms with van der Waals surface area (Å²) in [5, 5.41) is 8.23. The van der Waals surface area contributed by atoms with Crippen LogP contribution in [-0.4, -0.2) is 30.5 Å². The Labute approximate surface area is 85.8 Å². The molecule has 8 heteroatoms. The number of nitrogens with one attached hydrogen (secondary N) is 4. The molecule has 0 radical (unpaired) electrons. The number of carbonyl (C=O) groups is 4. The molecule has 0 spiro atoms. The highest BCUT2D eigenvalue weighted by molar-refractivity contribution is 5.93. The highest BCUT2D eigenvalue weighted by Crippen LogP contribution is 1.76. The average Bonchev–Trinajstić information content (AvgIpc) is 2.00. The predicted octanol–water partition coefficient (Wildman–Crippen LogP) is -1.37. The second-order valence-corrected chi connectivity index (χ2v) is 2.61. The number of urea groups is 2. The third-order valence-electron chi connectivity index (χ3n) is 1.17. The molecule has 0 bridgehead atoms. The van der Waals surface area contributed by atoms with Gasteiger partial charge in [-0.25, -0.2) is 9.59 Å². The minimum absolute atomic E-state index is 0.206. The molecule has 0 aliphatic rings. The molecule has 0 saturated heterocycles. The SMILES string of the molecule is CC(=O)NC(=O)NC(C)NC(=O)NC=O. The van der Waals surface area contributed by atoms with Gasteiger partial charge in [-0.2, -0.15) is 0 Å². The van der Waals surface area contributed by atoms with Crippen molar-refractivity contribution in [1.82, 2.24) is 21.3 Å². The summed E-state index contributed by atoms with van der Waals surface area (Å²) >= 11 is 0. The topological polar surface area (TPSA) is 116 Å². The fourth-order valence-corrected chi connectivity index (χ4v) is 0.721. The van der Waals surface area contributed by atoms with Gasteiger partial charge in [0.15, 0.2) is 0 Å². The zero-order chi connectivity index (χ0) is 11.8. The largest absolute Gasteiger partial charge is 0.323 e. The van der Waals surface area contributed by atoms with Gasteiger partial charge in [0.25, 0.3) is 0 Å². The molecule has 0 aromatic rings. The minimum Gasteiger partial charge on any atom is -0.318 e. The quantitative estimate of drug-likeness (QED) is 0.344. The van der Waals surface area contributed by atoms with Crippen LogP contribution < -0.4 is 21.3 Å². The van der Waals surface area contributed by atoms with Crippen molar-refractivity contribution < 1.29 is 19.2 Å². The zero-order valence-electron chi connectivity index (χ0n) is 8.29. The van der Waals surface area contributed by atoms with Crippen molar-refractivity contribution in [1.29, 1.82) is 0 Å². The van der Waals surface area contributed by atoms with Crippen LogP contribution >= 0.6 is 0 Å². The highest BCUT2D eigenvalue weighted by Gasteiger charge is 2.09. The zero-order valence-corrected chi connectivity index (χ0v) is 8.29. The number of hydrogen-bond acceptors (Lipinski definition) is 4. The van der Waals surface area contributed by atoms with Crippen molar-refractivity contribution in [2.45, 2.75) is 20.0 Å². The van der Waals surface area contributed by atoms with Gasteiger partial charge in [0.05, 0.1) is 0 Å². The average molecular weight is 216 g/mol. The Morgan fingerprint density at radius 1 is 1.13 bits per heavy atom. The predicted molar refractivity (Wildman–Crippen MR) is 49.5 cm³/mol. The molecule has 8 nitrogen and oxygen atoms in total. The molecule has 0 fully saturated rings. The number of hydrogen-bond donors (Lipinski definition) is 4. The second kappa shape index (κ2) is 6.35. The van der Waals surface area contributed by atoms with Gasteiger partial charge in [0, 0.05) is 6.92 Å². The van der Waals surface area contributed by atoms with Crippen molar-refractivity contribution in [2.75, 3.05) is 0 Å². The first-order valence-corrected chi connectivity index (χ1v) is 4.04. The molecule has 1 unspecified atom stereocenters. The summed E-state index contributed by atoms with van der Waals surface area (Å²) in [7, 11) is 0. The van der Waals surface area contributed by atoms with Crippen LogP contribution in [0.3, 0.4) is 0 Å². The molecule has 1 atom stereocenters. The maximum absolute atomic E-state index is 10.9. The summed E-state index contributed by atoms with van der Waals surface area (Å²) in [6.07, 6.45) is -0.512. The fourth-order valence-electron chi connectivity index (χ4n) is 0.721. The molecular weight excluding hydrogens is 204 g/mol. The first kappa shape index (κ1) is 12.9. The molecule has 0 aliphatic heterocycles. The molecule has 0 heterocycles. The normalized spacial score (nSPS) is 10.8. The highest BCUT2D eigenvalue weighted by atomic mass is 16.2. The molecule has 0 aromatic carbocycles. The summed E-state index contributed by atoms with van der Waals surface area (Å²) in [6.45, 7) is 2.64. The maximum atomic E-state index is 10.9. The van der Waals surface area contributed by atoms with Crippen LogP contribution in [0.4, 0.5) is 9.59 Å². The van der Waals surface area contributed by atoms with Gasteiger partial charge in [0.1, 0.15) is 6.17 Å². The summed E-state index contributed by atoms with van der Waals surface area (Å²) in [6, 6.07) is -1.48. The standard InChI is InChI=1S/C7H12N4O4/c1-4(9-6(14)8-3-12)10-7(15)11-5(2)13/h3-4H,1-2H3,(H2,8,9,12,14)(H2,10,11,13,15). The van der Waals surface area contributed by atoms with E-state index in [1.807, 2.05) is 10.6 Å². The van der Waals surface area contributed by atoms with E-state index in [1.165, 1.54) is 13.8 Å². The minimum atomic E-state index is -0.749. The molecule has 15 heavy (non-hydrogen) atoms. The summed E-state index contributed by atoms with van der Waals surface area (Å²) in [4.78, 5) is 42.0. The summed E-state index contributed by atoms with van der Waals surface area (Å²) in [5.74, 6) is -0.517. The van der Waals surface area contributed by atoms with Crippen LogP contribution in [-0.2, 0) is 9.59 Å². The molecule has 0 aromatic heterocycles. The van der Waals surface area contributed by atoms with Gasteiger partial charge < -0.3 is 10.6 Å². The van der Waals surface area contributed by atoms with Crippen molar-refractivity contribution >= 4 is 24.4 Å². The Morgan fingerprint density at radius 2 is 1.67 bits per heavy atom. The van der Waals surface area contributed by atoms with E-state index in [0.29, 0.717) is 0 Å².